The Balaban J connectivity index is 2.42. The number of hydrogen-bond acceptors (Lipinski definition) is 4. The van der Waals surface area contributed by atoms with Gasteiger partial charge in [-0.3, -0.25) is 0 Å². The van der Waals surface area contributed by atoms with Gasteiger partial charge >= 0.3 is 6.09 Å². The normalized spacial score (nSPS) is 24.5. The van der Waals surface area contributed by atoms with Gasteiger partial charge < -0.3 is 19.9 Å². The van der Waals surface area contributed by atoms with Crippen LogP contribution in [-0.4, -0.2) is 36.6 Å². The number of ether oxygens (including phenoxy) is 2. The molecule has 0 aliphatic carbocycles. The third-order valence-electron chi connectivity index (χ3n) is 3.72. The molecule has 1 aromatic carbocycles. The first-order chi connectivity index (χ1) is 10.7. The number of carbonyl (C=O) groups excluding carboxylic acids is 1. The number of carbonyl (C=O) groups is 1. The lowest BCUT2D eigenvalue weighted by Gasteiger charge is -2.35. The van der Waals surface area contributed by atoms with Crippen LogP contribution in [0.3, 0.4) is 0 Å². The summed E-state index contributed by atoms with van der Waals surface area (Å²) in [6.45, 7) is 4.75. The van der Waals surface area contributed by atoms with E-state index in [1.165, 1.54) is 12.1 Å². The molecule has 1 aromatic rings. The van der Waals surface area contributed by atoms with Crippen LogP contribution in [0.4, 0.5) is 13.6 Å². The molecule has 23 heavy (non-hydrogen) atoms. The summed E-state index contributed by atoms with van der Waals surface area (Å²) in [5.74, 6) is -2.73. The Labute approximate surface area is 133 Å². The lowest BCUT2D eigenvalue weighted by Crippen LogP contribution is -2.53. The molecule has 0 aromatic heterocycles. The van der Waals surface area contributed by atoms with Crippen molar-refractivity contribution in [1.29, 1.82) is 0 Å². The van der Waals surface area contributed by atoms with Crippen molar-refractivity contribution in [1.82, 2.24) is 5.32 Å². The Kier molecular flexibility index (Phi) is 4.91. The molecule has 0 radical (unpaired) electrons. The predicted octanol–water partition coefficient (Wildman–Crippen LogP) is 2.32. The Bertz CT molecular complexity index is 588. The fourth-order valence-corrected chi connectivity index (χ4v) is 2.67. The maximum Gasteiger partial charge on any atom is 0.408 e. The summed E-state index contributed by atoms with van der Waals surface area (Å²) in [5, 5.41) is 12.2. The molecule has 0 spiro atoms. The van der Waals surface area contributed by atoms with E-state index in [-0.39, 0.29) is 25.4 Å². The molecule has 7 heteroatoms. The van der Waals surface area contributed by atoms with Gasteiger partial charge in [0.1, 0.15) is 11.1 Å². The molecule has 0 saturated carbocycles. The molecule has 2 rings (SSSR count). The summed E-state index contributed by atoms with van der Waals surface area (Å²) in [6, 6.07) is 3.70. The molecule has 2 atom stereocenters. The molecule has 1 fully saturated rings. The minimum absolute atomic E-state index is 0.0695. The van der Waals surface area contributed by atoms with Gasteiger partial charge in [0.25, 0.3) is 0 Å². The van der Waals surface area contributed by atoms with Gasteiger partial charge in [-0.25, -0.2) is 13.6 Å². The highest BCUT2D eigenvalue weighted by molar-refractivity contribution is 5.69. The van der Waals surface area contributed by atoms with Crippen LogP contribution in [0.25, 0.3) is 0 Å². The van der Waals surface area contributed by atoms with E-state index in [4.69, 9.17) is 9.47 Å². The van der Waals surface area contributed by atoms with Gasteiger partial charge in [0.05, 0.1) is 19.8 Å². The number of nitrogens with one attached hydrogen (secondary N) is 1. The molecule has 0 bridgehead atoms. The zero-order valence-corrected chi connectivity index (χ0v) is 13.4. The number of alkyl carbamates (subject to hydrolysis) is 1. The molecule has 1 saturated heterocycles. The van der Waals surface area contributed by atoms with E-state index in [1.807, 2.05) is 0 Å². The summed E-state index contributed by atoms with van der Waals surface area (Å²) in [5.41, 5.74) is -2.21. The van der Waals surface area contributed by atoms with Crippen molar-refractivity contribution in [2.75, 3.05) is 19.8 Å². The number of benzene rings is 1. The second-order valence-electron chi connectivity index (χ2n) is 6.59. The van der Waals surface area contributed by atoms with E-state index in [2.05, 4.69) is 5.32 Å². The van der Waals surface area contributed by atoms with Crippen LogP contribution < -0.4 is 5.32 Å². The SMILES string of the molecule is CC(C)(C)OC(=O)N[C@@]1(c2cccc(F)c2F)COC[C@H]1CO. The number of rotatable bonds is 3. The first-order valence-electron chi connectivity index (χ1n) is 7.34. The highest BCUT2D eigenvalue weighted by Crippen LogP contribution is 2.37. The summed E-state index contributed by atoms with van der Waals surface area (Å²) >= 11 is 0. The lowest BCUT2D eigenvalue weighted by molar-refractivity contribution is 0.0391. The Morgan fingerprint density at radius 2 is 2.17 bits per heavy atom. The zero-order chi connectivity index (χ0) is 17.3. The van der Waals surface area contributed by atoms with Gasteiger partial charge in [0.2, 0.25) is 0 Å². The molecule has 0 unspecified atom stereocenters. The van der Waals surface area contributed by atoms with Crippen molar-refractivity contribution >= 4 is 6.09 Å². The largest absolute Gasteiger partial charge is 0.444 e. The summed E-state index contributed by atoms with van der Waals surface area (Å²) in [7, 11) is 0. The van der Waals surface area contributed by atoms with Crippen molar-refractivity contribution < 1.29 is 28.2 Å². The first-order valence-corrected chi connectivity index (χ1v) is 7.34. The standard InChI is InChI=1S/C16H21F2NO4/c1-15(2,3)23-14(21)19-16(9-22-8-10(16)7-20)11-5-4-6-12(17)13(11)18/h4-6,10,20H,7-9H2,1-3H3,(H,19,21)/t10-,16+/m1/s1. The van der Waals surface area contributed by atoms with Gasteiger partial charge in [0, 0.05) is 11.5 Å². The summed E-state index contributed by atoms with van der Waals surface area (Å²) in [6.07, 6.45) is -0.787. The fraction of sp³-hybridized carbons (Fsp3) is 0.562. The third kappa shape index (κ3) is 3.61. The number of hydrogen-bond donors (Lipinski definition) is 2. The highest BCUT2D eigenvalue weighted by Gasteiger charge is 2.49. The van der Waals surface area contributed by atoms with Crippen molar-refractivity contribution in [3.63, 3.8) is 0 Å². The number of aliphatic hydroxyl groups is 1. The molecular formula is C16H21F2NO4. The van der Waals surface area contributed by atoms with E-state index in [0.717, 1.165) is 6.07 Å². The molecule has 128 valence electrons. The van der Waals surface area contributed by atoms with E-state index < -0.39 is 34.8 Å². The predicted molar refractivity (Wildman–Crippen MR) is 78.8 cm³/mol. The van der Waals surface area contributed by atoms with Gasteiger partial charge in [-0.15, -0.1) is 0 Å². The van der Waals surface area contributed by atoms with E-state index in [1.54, 1.807) is 20.8 Å². The average molecular weight is 329 g/mol. The van der Waals surface area contributed by atoms with E-state index in [0.29, 0.717) is 0 Å². The van der Waals surface area contributed by atoms with E-state index in [9.17, 15) is 18.7 Å². The van der Waals surface area contributed by atoms with Crippen LogP contribution in [0, 0.1) is 17.6 Å². The maximum absolute atomic E-state index is 14.3. The Hall–Kier alpha value is -1.73. The first kappa shape index (κ1) is 17.6. The maximum atomic E-state index is 14.3. The third-order valence-corrected chi connectivity index (χ3v) is 3.72. The molecule has 5 nitrogen and oxygen atoms in total. The number of amides is 1. The Morgan fingerprint density at radius 3 is 2.78 bits per heavy atom. The number of aliphatic hydroxyl groups excluding tert-OH is 1. The van der Waals surface area contributed by atoms with Crippen LogP contribution in [0.15, 0.2) is 18.2 Å². The fourth-order valence-electron chi connectivity index (χ4n) is 2.67. The minimum atomic E-state index is -1.39. The van der Waals surface area contributed by atoms with Crippen molar-refractivity contribution in [2.45, 2.75) is 31.9 Å². The molecule has 2 N–H and O–H groups in total. The molecule has 1 aliphatic rings. The minimum Gasteiger partial charge on any atom is -0.444 e. The quantitative estimate of drug-likeness (QED) is 0.893. The van der Waals surface area contributed by atoms with Gasteiger partial charge in [-0.2, -0.15) is 0 Å². The van der Waals surface area contributed by atoms with Gasteiger partial charge in [-0.05, 0) is 26.8 Å². The van der Waals surface area contributed by atoms with Crippen molar-refractivity contribution in [2.24, 2.45) is 5.92 Å². The van der Waals surface area contributed by atoms with E-state index >= 15 is 0 Å². The Morgan fingerprint density at radius 1 is 1.48 bits per heavy atom. The van der Waals surface area contributed by atoms with Crippen LogP contribution in [0.1, 0.15) is 26.3 Å². The summed E-state index contributed by atoms with van der Waals surface area (Å²) < 4.78 is 38.4. The second kappa shape index (κ2) is 6.41. The molecule has 1 aliphatic heterocycles. The molecule has 1 heterocycles. The molecular weight excluding hydrogens is 308 g/mol. The van der Waals surface area contributed by atoms with Crippen molar-refractivity contribution in [3.05, 3.63) is 35.4 Å². The second-order valence-corrected chi connectivity index (χ2v) is 6.59. The van der Waals surface area contributed by atoms with Crippen molar-refractivity contribution in [3.8, 4) is 0 Å². The van der Waals surface area contributed by atoms with Gasteiger partial charge in [-0.1, -0.05) is 12.1 Å². The van der Waals surface area contributed by atoms with Gasteiger partial charge in [0.15, 0.2) is 11.6 Å². The van der Waals surface area contributed by atoms with Crippen LogP contribution in [0.2, 0.25) is 0 Å². The number of halogens is 2. The lowest BCUT2D eigenvalue weighted by atomic mass is 9.80. The van der Waals surface area contributed by atoms with Crippen LogP contribution in [0.5, 0.6) is 0 Å². The smallest absolute Gasteiger partial charge is 0.408 e. The van der Waals surface area contributed by atoms with Crippen LogP contribution in [-0.2, 0) is 15.0 Å². The summed E-state index contributed by atoms with van der Waals surface area (Å²) in [4.78, 5) is 12.2. The monoisotopic (exact) mass is 329 g/mol. The highest BCUT2D eigenvalue weighted by atomic mass is 19.2. The molecule has 1 amide bonds. The average Bonchev–Trinajstić information content (AvgIpc) is 2.83. The van der Waals surface area contributed by atoms with Crippen LogP contribution >= 0.6 is 0 Å². The zero-order valence-electron chi connectivity index (χ0n) is 13.4. The topological polar surface area (TPSA) is 67.8 Å².